The van der Waals surface area contributed by atoms with Crippen LogP contribution in [0.15, 0.2) is 18.2 Å². The highest BCUT2D eigenvalue weighted by Crippen LogP contribution is 2.26. The lowest BCUT2D eigenvalue weighted by molar-refractivity contribution is -0.140. The molecule has 1 heterocycles. The first-order valence-electron chi connectivity index (χ1n) is 7.14. The molecule has 1 aromatic carbocycles. The van der Waals surface area contributed by atoms with Gasteiger partial charge in [-0.3, -0.25) is 9.59 Å². The Morgan fingerprint density at radius 3 is 2.65 bits per heavy atom. The van der Waals surface area contributed by atoms with Crippen LogP contribution in [0, 0.1) is 13.8 Å². The molecule has 0 N–H and O–H groups in total. The van der Waals surface area contributed by atoms with Gasteiger partial charge in [-0.25, -0.2) is 0 Å². The molecular formula is C16H22N2O2. The molecule has 4 heteroatoms. The smallest absolute Gasteiger partial charge is 0.249 e. The van der Waals surface area contributed by atoms with Crippen molar-refractivity contribution >= 4 is 17.5 Å². The van der Waals surface area contributed by atoms with Crippen molar-refractivity contribution in [1.82, 2.24) is 4.90 Å². The highest BCUT2D eigenvalue weighted by atomic mass is 16.2. The number of carbonyl (C=O) groups excluding carboxylic acids is 2. The topological polar surface area (TPSA) is 40.6 Å². The van der Waals surface area contributed by atoms with Crippen molar-refractivity contribution in [3.63, 3.8) is 0 Å². The molecule has 1 aromatic rings. The minimum Gasteiger partial charge on any atom is -0.329 e. The van der Waals surface area contributed by atoms with E-state index < -0.39 is 0 Å². The lowest BCUT2D eigenvalue weighted by Crippen LogP contribution is -2.57. The van der Waals surface area contributed by atoms with Gasteiger partial charge < -0.3 is 9.80 Å². The second-order valence-corrected chi connectivity index (χ2v) is 5.33. The van der Waals surface area contributed by atoms with Gasteiger partial charge in [0.05, 0.1) is 0 Å². The summed E-state index contributed by atoms with van der Waals surface area (Å²) in [6.45, 7) is 8.89. The highest BCUT2D eigenvalue weighted by molar-refractivity contribution is 6.00. The van der Waals surface area contributed by atoms with Crippen LogP contribution in [-0.4, -0.2) is 35.8 Å². The Labute approximate surface area is 120 Å². The van der Waals surface area contributed by atoms with Crippen molar-refractivity contribution < 1.29 is 9.59 Å². The van der Waals surface area contributed by atoms with E-state index in [1.54, 1.807) is 4.90 Å². The Bertz CT molecular complexity index is 539. The van der Waals surface area contributed by atoms with E-state index in [-0.39, 0.29) is 17.9 Å². The van der Waals surface area contributed by atoms with Crippen LogP contribution in [0.4, 0.5) is 5.69 Å². The number of piperazine rings is 1. The van der Waals surface area contributed by atoms with E-state index in [9.17, 15) is 9.59 Å². The van der Waals surface area contributed by atoms with Crippen molar-refractivity contribution in [3.05, 3.63) is 29.3 Å². The summed E-state index contributed by atoms with van der Waals surface area (Å²) in [5, 5.41) is 0. The van der Waals surface area contributed by atoms with E-state index in [0.29, 0.717) is 19.5 Å². The van der Waals surface area contributed by atoms with Gasteiger partial charge in [-0.15, -0.1) is 0 Å². The number of hydrogen-bond acceptors (Lipinski definition) is 2. The Hall–Kier alpha value is -1.84. The van der Waals surface area contributed by atoms with Crippen molar-refractivity contribution in [2.24, 2.45) is 0 Å². The van der Waals surface area contributed by atoms with E-state index in [1.807, 2.05) is 50.8 Å². The van der Waals surface area contributed by atoms with E-state index in [0.717, 1.165) is 11.3 Å². The van der Waals surface area contributed by atoms with Crippen LogP contribution in [0.1, 0.15) is 31.4 Å². The lowest BCUT2D eigenvalue weighted by Gasteiger charge is -2.39. The number of anilines is 1. The summed E-state index contributed by atoms with van der Waals surface area (Å²) in [6.07, 6.45) is 0.446. The fourth-order valence-electron chi connectivity index (χ4n) is 2.68. The monoisotopic (exact) mass is 274 g/mol. The first kappa shape index (κ1) is 14.6. The van der Waals surface area contributed by atoms with Crippen LogP contribution in [-0.2, 0) is 9.59 Å². The Balaban J connectivity index is 2.27. The lowest BCUT2D eigenvalue weighted by atomic mass is 10.0. The standard InChI is InChI=1S/C16H22N2O2/c1-5-15(19)17-9-10-18(16(20)13(17)4)14-8-6-7-11(2)12(14)3/h6-8,13H,5,9-10H2,1-4H3. The largest absolute Gasteiger partial charge is 0.329 e. The minimum absolute atomic E-state index is 0.00625. The zero-order valence-corrected chi connectivity index (χ0v) is 12.6. The highest BCUT2D eigenvalue weighted by Gasteiger charge is 2.34. The molecule has 0 radical (unpaired) electrons. The third-order valence-corrected chi connectivity index (χ3v) is 4.15. The van der Waals surface area contributed by atoms with Crippen LogP contribution in [0.25, 0.3) is 0 Å². The molecule has 0 spiro atoms. The maximum Gasteiger partial charge on any atom is 0.249 e. The molecule has 108 valence electrons. The average molecular weight is 274 g/mol. The van der Waals surface area contributed by atoms with Gasteiger partial charge in [0, 0.05) is 25.2 Å². The van der Waals surface area contributed by atoms with Gasteiger partial charge in [-0.05, 0) is 38.0 Å². The zero-order chi connectivity index (χ0) is 14.9. The van der Waals surface area contributed by atoms with Crippen molar-refractivity contribution in [3.8, 4) is 0 Å². The van der Waals surface area contributed by atoms with Crippen LogP contribution >= 0.6 is 0 Å². The predicted molar refractivity (Wildman–Crippen MR) is 79.7 cm³/mol. The maximum atomic E-state index is 12.6. The molecular weight excluding hydrogens is 252 g/mol. The number of aryl methyl sites for hydroxylation is 1. The number of nitrogens with zero attached hydrogens (tertiary/aromatic N) is 2. The summed E-state index contributed by atoms with van der Waals surface area (Å²) >= 11 is 0. The molecule has 1 saturated heterocycles. The van der Waals surface area contributed by atoms with Gasteiger partial charge in [-0.2, -0.15) is 0 Å². The quantitative estimate of drug-likeness (QED) is 0.830. The molecule has 1 aliphatic heterocycles. The summed E-state index contributed by atoms with van der Waals surface area (Å²) in [5.74, 6) is 0.0539. The van der Waals surface area contributed by atoms with E-state index in [1.165, 1.54) is 5.56 Å². The summed E-state index contributed by atoms with van der Waals surface area (Å²) in [5.41, 5.74) is 3.27. The number of amides is 2. The van der Waals surface area contributed by atoms with E-state index in [2.05, 4.69) is 0 Å². The zero-order valence-electron chi connectivity index (χ0n) is 12.6. The molecule has 1 fully saturated rings. The Morgan fingerprint density at radius 2 is 2.00 bits per heavy atom. The fourth-order valence-corrected chi connectivity index (χ4v) is 2.68. The molecule has 1 atom stereocenters. The Kier molecular flexibility index (Phi) is 4.12. The third-order valence-electron chi connectivity index (χ3n) is 4.15. The van der Waals surface area contributed by atoms with Gasteiger partial charge in [0.1, 0.15) is 6.04 Å². The summed E-state index contributed by atoms with van der Waals surface area (Å²) < 4.78 is 0. The second-order valence-electron chi connectivity index (χ2n) is 5.33. The van der Waals surface area contributed by atoms with E-state index in [4.69, 9.17) is 0 Å². The van der Waals surface area contributed by atoms with Gasteiger partial charge in [0.15, 0.2) is 0 Å². The molecule has 0 saturated carbocycles. The van der Waals surface area contributed by atoms with Crippen molar-refractivity contribution in [2.45, 2.75) is 40.2 Å². The minimum atomic E-state index is -0.379. The summed E-state index contributed by atoms with van der Waals surface area (Å²) in [7, 11) is 0. The predicted octanol–water partition coefficient (Wildman–Crippen LogP) is 2.28. The third kappa shape index (κ3) is 2.42. The van der Waals surface area contributed by atoms with Crippen molar-refractivity contribution in [2.75, 3.05) is 18.0 Å². The molecule has 4 nitrogen and oxygen atoms in total. The SMILES string of the molecule is CCC(=O)N1CCN(c2cccc(C)c2C)C(=O)C1C. The number of rotatable bonds is 2. The van der Waals surface area contributed by atoms with Gasteiger partial charge in [0.25, 0.3) is 0 Å². The molecule has 20 heavy (non-hydrogen) atoms. The first-order chi connectivity index (χ1) is 9.47. The Morgan fingerprint density at radius 1 is 1.30 bits per heavy atom. The number of carbonyl (C=O) groups is 2. The average Bonchev–Trinajstić information content (AvgIpc) is 2.44. The fraction of sp³-hybridized carbons (Fsp3) is 0.500. The van der Waals surface area contributed by atoms with Gasteiger partial charge in [-0.1, -0.05) is 19.1 Å². The molecule has 1 unspecified atom stereocenters. The number of hydrogen-bond donors (Lipinski definition) is 0. The molecule has 1 aliphatic rings. The van der Waals surface area contributed by atoms with E-state index >= 15 is 0 Å². The normalized spacial score (nSPS) is 19.4. The molecule has 0 bridgehead atoms. The summed E-state index contributed by atoms with van der Waals surface area (Å²) in [6, 6.07) is 5.61. The number of benzene rings is 1. The molecule has 2 amide bonds. The summed E-state index contributed by atoms with van der Waals surface area (Å²) in [4.78, 5) is 27.9. The molecule has 0 aromatic heterocycles. The molecule has 2 rings (SSSR count). The first-order valence-corrected chi connectivity index (χ1v) is 7.14. The molecule has 0 aliphatic carbocycles. The second kappa shape index (κ2) is 5.65. The van der Waals surface area contributed by atoms with Gasteiger partial charge in [0.2, 0.25) is 11.8 Å². The van der Waals surface area contributed by atoms with Crippen molar-refractivity contribution in [1.29, 1.82) is 0 Å². The van der Waals surface area contributed by atoms with Crippen LogP contribution in [0.2, 0.25) is 0 Å². The van der Waals surface area contributed by atoms with Crippen LogP contribution in [0.3, 0.4) is 0 Å². The van der Waals surface area contributed by atoms with Gasteiger partial charge >= 0.3 is 0 Å². The van der Waals surface area contributed by atoms with Crippen LogP contribution < -0.4 is 4.90 Å². The maximum absolute atomic E-state index is 12.6. The van der Waals surface area contributed by atoms with Crippen LogP contribution in [0.5, 0.6) is 0 Å².